The van der Waals surface area contributed by atoms with E-state index in [1.54, 1.807) is 10.8 Å². The number of para-hydroxylation sites is 1. The van der Waals surface area contributed by atoms with Gasteiger partial charge in [0.05, 0.1) is 5.69 Å². The molecule has 2 heterocycles. The minimum absolute atomic E-state index is 0.0259. The monoisotopic (exact) mass is 432 g/mol. The number of aromatic nitrogens is 1. The van der Waals surface area contributed by atoms with Crippen molar-refractivity contribution in [1.29, 1.82) is 0 Å². The number of fused-ring (bicyclic) bond motifs is 2. The molecule has 0 aliphatic carbocycles. The van der Waals surface area contributed by atoms with Crippen LogP contribution in [-0.2, 0) is 13.0 Å². The summed E-state index contributed by atoms with van der Waals surface area (Å²) in [5, 5.41) is 7.31. The second-order valence-corrected chi connectivity index (χ2v) is 8.89. The van der Waals surface area contributed by atoms with Crippen LogP contribution < -0.4 is 21.1 Å². The summed E-state index contributed by atoms with van der Waals surface area (Å²) in [7, 11) is 0. The van der Waals surface area contributed by atoms with Gasteiger partial charge in [0.1, 0.15) is 0 Å². The standard InChI is InChI=1S/C26H32N4O2/c1-19(2)17-30-18-23(21-11-4-5-12-22(21)25(30)31)28-26(32)27-14-8-16-29-15-7-10-20-9-3-6-13-24(20)29/h3-6,9,11-13,18-19H,7-8,10,14-17H2,1-2H3,(H2,27,28,32). The Labute approximate surface area is 189 Å². The minimum atomic E-state index is -0.246. The zero-order chi connectivity index (χ0) is 22.5. The number of nitrogens with zero attached hydrogens (tertiary/aromatic N) is 2. The van der Waals surface area contributed by atoms with Gasteiger partial charge in [0.15, 0.2) is 0 Å². The molecule has 0 fully saturated rings. The number of aryl methyl sites for hydroxylation is 1. The van der Waals surface area contributed by atoms with E-state index in [-0.39, 0.29) is 11.6 Å². The zero-order valence-corrected chi connectivity index (χ0v) is 18.9. The van der Waals surface area contributed by atoms with Crippen molar-refractivity contribution in [2.45, 2.75) is 39.7 Å². The summed E-state index contributed by atoms with van der Waals surface area (Å²) in [5.74, 6) is 0.329. The van der Waals surface area contributed by atoms with Crippen LogP contribution >= 0.6 is 0 Å². The molecule has 4 rings (SSSR count). The lowest BCUT2D eigenvalue weighted by Gasteiger charge is -2.31. The Kier molecular flexibility index (Phi) is 6.78. The SMILES string of the molecule is CC(C)Cn1cc(NC(=O)NCCCN2CCCc3ccccc32)c2ccccc2c1=O. The zero-order valence-electron chi connectivity index (χ0n) is 18.9. The third-order valence-electron chi connectivity index (χ3n) is 5.90. The van der Waals surface area contributed by atoms with E-state index in [9.17, 15) is 9.59 Å². The summed E-state index contributed by atoms with van der Waals surface area (Å²) in [6, 6.07) is 15.8. The molecule has 0 saturated carbocycles. The number of hydrogen-bond donors (Lipinski definition) is 2. The van der Waals surface area contributed by atoms with Crippen molar-refractivity contribution < 1.29 is 4.79 Å². The first-order valence-electron chi connectivity index (χ1n) is 11.5. The van der Waals surface area contributed by atoms with E-state index in [0.717, 1.165) is 31.3 Å². The summed E-state index contributed by atoms with van der Waals surface area (Å²) >= 11 is 0. The Morgan fingerprint density at radius 3 is 2.62 bits per heavy atom. The number of rotatable bonds is 7. The van der Waals surface area contributed by atoms with Gasteiger partial charge in [-0.25, -0.2) is 4.79 Å². The van der Waals surface area contributed by atoms with Gasteiger partial charge in [-0.15, -0.1) is 0 Å². The minimum Gasteiger partial charge on any atom is -0.371 e. The normalized spacial score (nSPS) is 13.3. The Balaban J connectivity index is 1.37. The van der Waals surface area contributed by atoms with Crippen LogP contribution in [-0.4, -0.2) is 30.2 Å². The fraction of sp³-hybridized carbons (Fsp3) is 0.385. The molecule has 168 valence electrons. The summed E-state index contributed by atoms with van der Waals surface area (Å²) in [5.41, 5.74) is 3.36. The van der Waals surface area contributed by atoms with Crippen LogP contribution in [0.1, 0.15) is 32.3 Å². The van der Waals surface area contributed by atoms with Crippen molar-refractivity contribution in [1.82, 2.24) is 9.88 Å². The molecular formula is C26H32N4O2. The molecule has 6 heteroatoms. The van der Waals surface area contributed by atoms with E-state index >= 15 is 0 Å². The molecule has 2 aromatic carbocycles. The third kappa shape index (κ3) is 4.96. The average Bonchev–Trinajstić information content (AvgIpc) is 2.79. The molecule has 0 bridgehead atoms. The molecule has 2 amide bonds. The molecule has 0 unspecified atom stereocenters. The van der Waals surface area contributed by atoms with Gasteiger partial charge in [-0.3, -0.25) is 4.79 Å². The van der Waals surface area contributed by atoms with Crippen molar-refractivity contribution in [2.24, 2.45) is 5.92 Å². The lowest BCUT2D eigenvalue weighted by atomic mass is 10.0. The fourth-order valence-corrected chi connectivity index (χ4v) is 4.45. The van der Waals surface area contributed by atoms with E-state index in [2.05, 4.69) is 53.6 Å². The molecule has 6 nitrogen and oxygen atoms in total. The highest BCUT2D eigenvalue weighted by Crippen LogP contribution is 2.26. The van der Waals surface area contributed by atoms with Crippen molar-refractivity contribution in [3.63, 3.8) is 0 Å². The number of anilines is 2. The van der Waals surface area contributed by atoms with Crippen LogP contribution in [0.2, 0.25) is 0 Å². The molecule has 32 heavy (non-hydrogen) atoms. The quantitative estimate of drug-likeness (QED) is 0.535. The predicted octanol–water partition coefficient (Wildman–Crippen LogP) is 4.62. The molecule has 0 atom stereocenters. The topological polar surface area (TPSA) is 66.4 Å². The Hall–Kier alpha value is -3.28. The lowest BCUT2D eigenvalue weighted by Crippen LogP contribution is -2.35. The molecule has 1 aliphatic rings. The van der Waals surface area contributed by atoms with Gasteiger partial charge in [0, 0.05) is 48.8 Å². The first-order chi connectivity index (χ1) is 15.5. The maximum absolute atomic E-state index is 12.8. The summed E-state index contributed by atoms with van der Waals surface area (Å²) in [6.07, 6.45) is 4.94. The van der Waals surface area contributed by atoms with E-state index in [0.29, 0.717) is 30.1 Å². The molecule has 3 aromatic rings. The number of carbonyl (C=O) groups is 1. The van der Waals surface area contributed by atoms with E-state index in [1.807, 2.05) is 24.3 Å². The largest absolute Gasteiger partial charge is 0.371 e. The number of benzene rings is 2. The second kappa shape index (κ2) is 9.90. The highest BCUT2D eigenvalue weighted by Gasteiger charge is 2.16. The lowest BCUT2D eigenvalue weighted by molar-refractivity contribution is 0.252. The third-order valence-corrected chi connectivity index (χ3v) is 5.90. The Bertz CT molecular complexity index is 1150. The van der Waals surface area contributed by atoms with Gasteiger partial charge < -0.3 is 20.1 Å². The first kappa shape index (κ1) is 21.9. The highest BCUT2D eigenvalue weighted by molar-refractivity contribution is 6.00. The van der Waals surface area contributed by atoms with Crippen molar-refractivity contribution in [3.8, 4) is 0 Å². The van der Waals surface area contributed by atoms with Gasteiger partial charge in [0.25, 0.3) is 5.56 Å². The molecule has 0 saturated heterocycles. The molecule has 1 aliphatic heterocycles. The molecular weight excluding hydrogens is 400 g/mol. The fourth-order valence-electron chi connectivity index (χ4n) is 4.45. The van der Waals surface area contributed by atoms with Crippen molar-refractivity contribution in [2.75, 3.05) is 29.9 Å². The van der Waals surface area contributed by atoms with Crippen molar-refractivity contribution >= 4 is 28.2 Å². The van der Waals surface area contributed by atoms with E-state index in [4.69, 9.17) is 0 Å². The summed E-state index contributed by atoms with van der Waals surface area (Å²) < 4.78 is 1.69. The van der Waals surface area contributed by atoms with Crippen LogP contribution in [0.3, 0.4) is 0 Å². The number of hydrogen-bond acceptors (Lipinski definition) is 3. The van der Waals surface area contributed by atoms with E-state index < -0.39 is 0 Å². The van der Waals surface area contributed by atoms with Gasteiger partial charge in [0.2, 0.25) is 0 Å². The van der Waals surface area contributed by atoms with Crippen LogP contribution in [0.5, 0.6) is 0 Å². The number of urea groups is 1. The van der Waals surface area contributed by atoms with Gasteiger partial charge in [-0.2, -0.15) is 0 Å². The van der Waals surface area contributed by atoms with E-state index in [1.165, 1.54) is 17.7 Å². The molecule has 0 radical (unpaired) electrons. The average molecular weight is 433 g/mol. The number of amides is 2. The van der Waals surface area contributed by atoms with Crippen molar-refractivity contribution in [3.05, 3.63) is 70.6 Å². The molecule has 2 N–H and O–H groups in total. The molecule has 1 aromatic heterocycles. The summed E-state index contributed by atoms with van der Waals surface area (Å²) in [4.78, 5) is 27.8. The predicted molar refractivity (Wildman–Crippen MR) is 132 cm³/mol. The van der Waals surface area contributed by atoms with Crippen LogP contribution in [0.15, 0.2) is 59.5 Å². The Morgan fingerprint density at radius 2 is 1.81 bits per heavy atom. The number of nitrogens with one attached hydrogen (secondary N) is 2. The van der Waals surface area contributed by atoms with Gasteiger partial charge >= 0.3 is 6.03 Å². The summed E-state index contributed by atoms with van der Waals surface area (Å²) in [6.45, 7) is 7.32. The van der Waals surface area contributed by atoms with Crippen LogP contribution in [0, 0.1) is 5.92 Å². The smallest absolute Gasteiger partial charge is 0.319 e. The second-order valence-electron chi connectivity index (χ2n) is 8.89. The highest BCUT2D eigenvalue weighted by atomic mass is 16.2. The van der Waals surface area contributed by atoms with Gasteiger partial charge in [-0.05, 0) is 42.9 Å². The first-order valence-corrected chi connectivity index (χ1v) is 11.5. The van der Waals surface area contributed by atoms with Crippen LogP contribution in [0.4, 0.5) is 16.2 Å². The Morgan fingerprint density at radius 1 is 1.06 bits per heavy atom. The number of pyridine rings is 1. The van der Waals surface area contributed by atoms with Gasteiger partial charge in [-0.1, -0.05) is 50.2 Å². The number of carbonyl (C=O) groups excluding carboxylic acids is 1. The molecule has 0 spiro atoms. The maximum atomic E-state index is 12.8. The van der Waals surface area contributed by atoms with Crippen LogP contribution in [0.25, 0.3) is 10.8 Å². The maximum Gasteiger partial charge on any atom is 0.319 e.